The van der Waals surface area contributed by atoms with Crippen LogP contribution in [0.2, 0.25) is 0 Å². The van der Waals surface area contributed by atoms with Crippen LogP contribution in [0.25, 0.3) is 0 Å². The Bertz CT molecular complexity index is 1070. The third-order valence-corrected chi connectivity index (χ3v) is 13.7. The summed E-state index contributed by atoms with van der Waals surface area (Å²) >= 11 is 0. The van der Waals surface area contributed by atoms with Crippen LogP contribution in [0, 0.1) is 52.3 Å². The van der Waals surface area contributed by atoms with Gasteiger partial charge in [0.25, 0.3) is 0 Å². The second kappa shape index (κ2) is 11.2. The number of rotatable bonds is 6. The molecule has 1 spiro atoms. The molecule has 5 N–H and O–H groups in total. The molecule has 0 radical (unpaired) electrons. The summed E-state index contributed by atoms with van der Waals surface area (Å²) in [4.78, 5) is 23.5. The first-order valence-electron chi connectivity index (χ1n) is 16.7. The standard InChI is InChI=1S/C33H52O10/c1-16-7-12-33(41-15-16)17(2)24-23(43-33)14-22-20-6-5-18-13-19(8-10-31(18,3)21(20)9-11-32(22,24)4)42-30(40)28(37)26(35)25(34)27(36)29(38)39/h16-28,34-37H,5-15H2,1-4H3,(H,38,39)/t16-,17+,18+,19+,20?,21?,22+,23?,24?,25+,26+,27+,28-,31+,32+,33-/m1/s1. The summed E-state index contributed by atoms with van der Waals surface area (Å²) in [6.45, 7) is 10.4. The first kappa shape index (κ1) is 31.7. The molecule has 2 aliphatic heterocycles. The highest BCUT2D eigenvalue weighted by Gasteiger charge is 2.69. The van der Waals surface area contributed by atoms with Gasteiger partial charge in [0.2, 0.25) is 0 Å². The Labute approximate surface area is 254 Å². The van der Waals surface area contributed by atoms with Crippen LogP contribution in [0.4, 0.5) is 0 Å². The Balaban J connectivity index is 1.09. The highest BCUT2D eigenvalue weighted by Crippen LogP contribution is 2.71. The predicted molar refractivity (Wildman–Crippen MR) is 153 cm³/mol. The molecule has 4 unspecified atom stereocenters. The van der Waals surface area contributed by atoms with Crippen LogP contribution in [0.15, 0.2) is 0 Å². The highest BCUT2D eigenvalue weighted by atomic mass is 16.7. The fourth-order valence-electron chi connectivity index (χ4n) is 11.2. The van der Waals surface area contributed by atoms with E-state index in [4.69, 9.17) is 19.3 Å². The number of ether oxygens (including phenoxy) is 3. The first-order chi connectivity index (χ1) is 20.2. The van der Waals surface area contributed by atoms with E-state index in [2.05, 4.69) is 27.7 Å². The van der Waals surface area contributed by atoms with E-state index >= 15 is 0 Å². The van der Waals surface area contributed by atoms with E-state index in [9.17, 15) is 30.0 Å². The monoisotopic (exact) mass is 608 g/mol. The molecule has 0 amide bonds. The minimum absolute atomic E-state index is 0.140. The fraction of sp³-hybridized carbons (Fsp3) is 0.939. The first-order valence-corrected chi connectivity index (χ1v) is 16.7. The number of aliphatic hydroxyl groups excluding tert-OH is 4. The number of esters is 1. The third-order valence-electron chi connectivity index (χ3n) is 13.7. The van der Waals surface area contributed by atoms with Gasteiger partial charge in [0.05, 0.1) is 12.7 Å². The Morgan fingerprint density at radius 3 is 2.21 bits per heavy atom. The summed E-state index contributed by atoms with van der Waals surface area (Å²) in [7, 11) is 0. The summed E-state index contributed by atoms with van der Waals surface area (Å²) < 4.78 is 19.0. The Morgan fingerprint density at radius 1 is 0.837 bits per heavy atom. The lowest BCUT2D eigenvalue weighted by Crippen LogP contribution is -2.55. The summed E-state index contributed by atoms with van der Waals surface area (Å²) in [5.74, 6) is 0.530. The van der Waals surface area contributed by atoms with Crippen molar-refractivity contribution in [3.63, 3.8) is 0 Å². The van der Waals surface area contributed by atoms with Crippen molar-refractivity contribution >= 4 is 11.9 Å². The van der Waals surface area contributed by atoms with Crippen molar-refractivity contribution < 1.29 is 49.3 Å². The number of aliphatic carboxylic acids is 1. The molecule has 0 aromatic rings. The predicted octanol–water partition coefficient (Wildman–Crippen LogP) is 2.87. The molecule has 10 heteroatoms. The zero-order chi connectivity index (χ0) is 31.1. The molecule has 6 fully saturated rings. The van der Waals surface area contributed by atoms with Gasteiger partial charge in [0.15, 0.2) is 18.0 Å². The lowest BCUT2D eigenvalue weighted by molar-refractivity contribution is -0.273. The average Bonchev–Trinajstić information content (AvgIpc) is 3.42. The van der Waals surface area contributed by atoms with Gasteiger partial charge in [-0.15, -0.1) is 0 Å². The molecule has 244 valence electrons. The van der Waals surface area contributed by atoms with Gasteiger partial charge in [0.1, 0.15) is 18.3 Å². The van der Waals surface area contributed by atoms with E-state index in [0.29, 0.717) is 54.3 Å². The number of carboxylic acids is 1. The fourth-order valence-corrected chi connectivity index (χ4v) is 11.2. The number of hydrogen-bond acceptors (Lipinski definition) is 9. The second-order valence-electron chi connectivity index (χ2n) is 15.7. The van der Waals surface area contributed by atoms with Crippen LogP contribution >= 0.6 is 0 Å². The summed E-state index contributed by atoms with van der Waals surface area (Å²) in [5.41, 5.74) is 0.397. The maximum atomic E-state index is 12.6. The molecule has 16 atom stereocenters. The van der Waals surface area contributed by atoms with Crippen molar-refractivity contribution in [2.75, 3.05) is 6.61 Å². The molecule has 4 aliphatic carbocycles. The van der Waals surface area contributed by atoms with Gasteiger partial charge in [0, 0.05) is 12.3 Å². The number of carbonyl (C=O) groups excluding carboxylic acids is 1. The van der Waals surface area contributed by atoms with Crippen molar-refractivity contribution in [3.8, 4) is 0 Å². The molecule has 0 aromatic carbocycles. The van der Waals surface area contributed by atoms with Crippen LogP contribution in [0.5, 0.6) is 0 Å². The van der Waals surface area contributed by atoms with Crippen molar-refractivity contribution in [2.24, 2.45) is 52.3 Å². The number of aliphatic hydroxyl groups is 4. The van der Waals surface area contributed by atoms with Gasteiger partial charge in [-0.1, -0.05) is 27.7 Å². The lowest BCUT2D eigenvalue weighted by atomic mass is 9.44. The molecule has 6 aliphatic rings. The molecule has 43 heavy (non-hydrogen) atoms. The van der Waals surface area contributed by atoms with Gasteiger partial charge < -0.3 is 39.7 Å². The van der Waals surface area contributed by atoms with Crippen LogP contribution in [-0.2, 0) is 23.8 Å². The molecule has 0 bridgehead atoms. The van der Waals surface area contributed by atoms with Crippen LogP contribution in [0.1, 0.15) is 91.9 Å². The summed E-state index contributed by atoms with van der Waals surface area (Å²) in [5, 5.41) is 48.5. The smallest absolute Gasteiger partial charge is 0.338 e. The molecule has 2 saturated heterocycles. The van der Waals surface area contributed by atoms with Crippen LogP contribution in [-0.4, -0.2) is 86.5 Å². The van der Waals surface area contributed by atoms with Crippen molar-refractivity contribution in [2.45, 2.75) is 134 Å². The molecule has 2 heterocycles. The molecular weight excluding hydrogens is 556 g/mol. The third kappa shape index (κ3) is 4.97. The SMILES string of the molecule is C[C@@H]1CC[C@@]2(OC1)OC1C[C@H]3C4CC[C@H]5C[C@@H](OC(=O)[C@H](O)[C@@H](O)[C@H](O)[C@H](O)C(=O)O)CC[C@]5(C)C4CC[C@]3(C)C1[C@@H]2C. The zero-order valence-electron chi connectivity index (χ0n) is 26.1. The van der Waals surface area contributed by atoms with Gasteiger partial charge in [-0.05, 0) is 104 Å². The number of hydrogen-bond donors (Lipinski definition) is 5. The van der Waals surface area contributed by atoms with Crippen molar-refractivity contribution in [1.82, 2.24) is 0 Å². The maximum absolute atomic E-state index is 12.6. The normalized spacial score (nSPS) is 50.0. The van der Waals surface area contributed by atoms with Crippen molar-refractivity contribution in [3.05, 3.63) is 0 Å². The number of fused-ring (bicyclic) bond motifs is 7. The Morgan fingerprint density at radius 2 is 1.53 bits per heavy atom. The number of carboxylic acid groups (broad SMARTS) is 1. The second-order valence-corrected chi connectivity index (χ2v) is 15.7. The molecule has 4 saturated carbocycles. The summed E-state index contributed by atoms with van der Waals surface area (Å²) in [6, 6.07) is 0. The van der Waals surface area contributed by atoms with E-state index in [-0.39, 0.29) is 16.9 Å². The minimum atomic E-state index is -2.33. The van der Waals surface area contributed by atoms with Gasteiger partial charge in [-0.25, -0.2) is 9.59 Å². The Hall–Kier alpha value is -1.30. The average molecular weight is 609 g/mol. The topological polar surface area (TPSA) is 163 Å². The maximum Gasteiger partial charge on any atom is 0.338 e. The van der Waals surface area contributed by atoms with Gasteiger partial charge in [-0.3, -0.25) is 0 Å². The zero-order valence-corrected chi connectivity index (χ0v) is 26.1. The van der Waals surface area contributed by atoms with Gasteiger partial charge in [-0.2, -0.15) is 0 Å². The van der Waals surface area contributed by atoms with E-state index in [1.165, 1.54) is 19.3 Å². The minimum Gasteiger partial charge on any atom is -0.479 e. The quantitative estimate of drug-likeness (QED) is 0.283. The van der Waals surface area contributed by atoms with E-state index in [0.717, 1.165) is 38.7 Å². The van der Waals surface area contributed by atoms with Gasteiger partial charge >= 0.3 is 11.9 Å². The highest BCUT2D eigenvalue weighted by molar-refractivity contribution is 5.76. The summed E-state index contributed by atoms with van der Waals surface area (Å²) in [6.07, 6.45) is 1.10. The van der Waals surface area contributed by atoms with Crippen LogP contribution < -0.4 is 0 Å². The lowest BCUT2D eigenvalue weighted by Gasteiger charge is -2.61. The van der Waals surface area contributed by atoms with Crippen LogP contribution in [0.3, 0.4) is 0 Å². The molecular formula is C33H52O10. The molecule has 10 nitrogen and oxygen atoms in total. The Kier molecular flexibility index (Phi) is 8.25. The van der Waals surface area contributed by atoms with E-state index in [1.807, 2.05) is 0 Å². The molecule has 0 aromatic heterocycles. The number of carbonyl (C=O) groups is 2. The molecule has 6 rings (SSSR count). The largest absolute Gasteiger partial charge is 0.479 e. The van der Waals surface area contributed by atoms with E-state index < -0.39 is 48.2 Å². The van der Waals surface area contributed by atoms with Crippen molar-refractivity contribution in [1.29, 1.82) is 0 Å². The van der Waals surface area contributed by atoms with E-state index in [1.54, 1.807) is 0 Å².